The minimum atomic E-state index is -0.520. The third-order valence-electron chi connectivity index (χ3n) is 5.31. The predicted octanol–water partition coefficient (Wildman–Crippen LogP) is 3.28. The zero-order valence-electron chi connectivity index (χ0n) is 16.3. The topological polar surface area (TPSA) is 77.4 Å². The van der Waals surface area contributed by atoms with Gasteiger partial charge in [-0.1, -0.05) is 23.7 Å². The molecular formula is C22H25ClO6. The fourth-order valence-corrected chi connectivity index (χ4v) is 4.14. The minimum Gasteiger partial charge on any atom is -0.495 e. The van der Waals surface area contributed by atoms with Crippen LogP contribution in [0.25, 0.3) is 0 Å². The quantitative estimate of drug-likeness (QED) is 0.773. The van der Waals surface area contributed by atoms with Crippen LogP contribution in [0.5, 0.6) is 17.2 Å². The summed E-state index contributed by atoms with van der Waals surface area (Å²) in [6, 6.07) is 9.69. The maximum absolute atomic E-state index is 10.2. The van der Waals surface area contributed by atoms with Crippen LogP contribution in [-0.4, -0.2) is 49.4 Å². The average Bonchev–Trinajstić information content (AvgIpc) is 2.74. The number of halogens is 1. The first-order valence-corrected chi connectivity index (χ1v) is 10.1. The van der Waals surface area contributed by atoms with Crippen molar-refractivity contribution < 1.29 is 29.2 Å². The number of hydrogen-bond acceptors (Lipinski definition) is 6. The van der Waals surface area contributed by atoms with Gasteiger partial charge in [0.05, 0.1) is 37.1 Å². The zero-order chi connectivity index (χ0) is 20.4. The Hall–Kier alpha value is -1.99. The van der Waals surface area contributed by atoms with Gasteiger partial charge in [0, 0.05) is 12.8 Å². The largest absolute Gasteiger partial charge is 0.495 e. The molecule has 4 rings (SSSR count). The molecule has 7 heteroatoms. The molecule has 0 spiro atoms. The van der Waals surface area contributed by atoms with Crippen molar-refractivity contribution in [3.05, 3.63) is 52.0 Å². The number of fused-ring (bicyclic) bond motifs is 1. The summed E-state index contributed by atoms with van der Waals surface area (Å²) in [6.45, 7) is 0.968. The van der Waals surface area contributed by atoms with E-state index in [9.17, 15) is 10.2 Å². The Morgan fingerprint density at radius 3 is 2.66 bits per heavy atom. The van der Waals surface area contributed by atoms with Crippen LogP contribution in [0.1, 0.15) is 35.6 Å². The van der Waals surface area contributed by atoms with E-state index in [0.717, 1.165) is 28.2 Å². The number of benzene rings is 2. The van der Waals surface area contributed by atoms with Crippen molar-refractivity contribution in [1.82, 2.24) is 0 Å². The van der Waals surface area contributed by atoms with Gasteiger partial charge in [-0.05, 0) is 41.3 Å². The molecule has 0 aliphatic carbocycles. The van der Waals surface area contributed by atoms with Crippen LogP contribution in [0.2, 0.25) is 5.02 Å². The van der Waals surface area contributed by atoms with Crippen LogP contribution in [0.3, 0.4) is 0 Å². The Bertz CT molecular complexity index is 871. The summed E-state index contributed by atoms with van der Waals surface area (Å²) in [4.78, 5) is 0. The highest BCUT2D eigenvalue weighted by atomic mass is 35.5. The van der Waals surface area contributed by atoms with E-state index < -0.39 is 6.10 Å². The van der Waals surface area contributed by atoms with E-state index in [1.807, 2.05) is 30.3 Å². The SMILES string of the molecule is COc1cc(C2CC(O)CC(CO)O2)cc(Cc2ccc3c(c2)OCCO3)c1Cl. The maximum atomic E-state index is 10.2. The molecule has 0 aromatic heterocycles. The highest BCUT2D eigenvalue weighted by Crippen LogP contribution is 2.39. The summed E-state index contributed by atoms with van der Waals surface area (Å²) in [6.07, 6.45) is 0.242. The van der Waals surface area contributed by atoms with E-state index in [4.69, 9.17) is 30.5 Å². The van der Waals surface area contributed by atoms with E-state index in [2.05, 4.69) is 0 Å². The molecule has 1 saturated heterocycles. The van der Waals surface area contributed by atoms with Crippen molar-refractivity contribution in [3.63, 3.8) is 0 Å². The molecule has 0 bridgehead atoms. The van der Waals surface area contributed by atoms with Crippen LogP contribution in [0.15, 0.2) is 30.3 Å². The molecule has 2 aromatic carbocycles. The molecule has 0 amide bonds. The van der Waals surface area contributed by atoms with Gasteiger partial charge in [-0.3, -0.25) is 0 Å². The number of ether oxygens (including phenoxy) is 4. The van der Waals surface area contributed by atoms with E-state index in [1.54, 1.807) is 7.11 Å². The minimum absolute atomic E-state index is 0.123. The molecule has 156 valence electrons. The molecular weight excluding hydrogens is 396 g/mol. The van der Waals surface area contributed by atoms with Crippen LogP contribution in [0.4, 0.5) is 0 Å². The monoisotopic (exact) mass is 420 g/mol. The normalized spacial score (nSPS) is 23.7. The first-order chi connectivity index (χ1) is 14.1. The second-order valence-corrected chi connectivity index (χ2v) is 7.78. The molecule has 2 aliphatic heterocycles. The average molecular weight is 421 g/mol. The van der Waals surface area contributed by atoms with Crippen LogP contribution >= 0.6 is 11.6 Å². The second kappa shape index (κ2) is 8.79. The van der Waals surface area contributed by atoms with Crippen molar-refractivity contribution in [2.24, 2.45) is 0 Å². The first-order valence-electron chi connectivity index (χ1n) is 9.76. The Morgan fingerprint density at radius 1 is 1.10 bits per heavy atom. The fourth-order valence-electron chi connectivity index (χ4n) is 3.88. The van der Waals surface area contributed by atoms with Crippen molar-refractivity contribution in [2.45, 2.75) is 37.6 Å². The number of aliphatic hydroxyl groups is 2. The Kier molecular flexibility index (Phi) is 6.15. The van der Waals surface area contributed by atoms with Crippen LogP contribution in [0, 0.1) is 0 Å². The van der Waals surface area contributed by atoms with Crippen LogP contribution in [-0.2, 0) is 11.2 Å². The molecule has 6 nitrogen and oxygen atoms in total. The molecule has 29 heavy (non-hydrogen) atoms. The van der Waals surface area contributed by atoms with E-state index >= 15 is 0 Å². The molecule has 2 aromatic rings. The Labute approximate surface area is 174 Å². The third kappa shape index (κ3) is 4.46. The van der Waals surface area contributed by atoms with Gasteiger partial charge >= 0.3 is 0 Å². The van der Waals surface area contributed by atoms with Crippen LogP contribution < -0.4 is 14.2 Å². The van der Waals surface area contributed by atoms with Crippen molar-refractivity contribution in [3.8, 4) is 17.2 Å². The smallest absolute Gasteiger partial charge is 0.161 e. The molecule has 2 N–H and O–H groups in total. The van der Waals surface area contributed by atoms with E-state index in [1.165, 1.54) is 0 Å². The van der Waals surface area contributed by atoms with Gasteiger partial charge in [0.1, 0.15) is 19.0 Å². The summed E-state index contributed by atoms with van der Waals surface area (Å²) in [5.41, 5.74) is 2.80. The number of methoxy groups -OCH3 is 1. The molecule has 3 unspecified atom stereocenters. The van der Waals surface area contributed by atoms with E-state index in [0.29, 0.717) is 43.2 Å². The van der Waals surface area contributed by atoms with Gasteiger partial charge in [0.2, 0.25) is 0 Å². The van der Waals surface area contributed by atoms with Gasteiger partial charge in [-0.15, -0.1) is 0 Å². The summed E-state index contributed by atoms with van der Waals surface area (Å²) in [5, 5.41) is 20.2. The van der Waals surface area contributed by atoms with Gasteiger partial charge in [0.15, 0.2) is 11.5 Å². The van der Waals surface area contributed by atoms with E-state index in [-0.39, 0.29) is 18.8 Å². The molecule has 2 heterocycles. The summed E-state index contributed by atoms with van der Waals surface area (Å²) in [7, 11) is 1.58. The maximum Gasteiger partial charge on any atom is 0.161 e. The molecule has 0 radical (unpaired) electrons. The lowest BCUT2D eigenvalue weighted by Gasteiger charge is -2.33. The van der Waals surface area contributed by atoms with Crippen molar-refractivity contribution in [2.75, 3.05) is 26.9 Å². The molecule has 1 fully saturated rings. The molecule has 0 saturated carbocycles. The molecule has 3 atom stereocenters. The number of aliphatic hydroxyl groups excluding tert-OH is 2. The van der Waals surface area contributed by atoms with Gasteiger partial charge in [-0.2, -0.15) is 0 Å². The van der Waals surface area contributed by atoms with Gasteiger partial charge in [0.25, 0.3) is 0 Å². The zero-order valence-corrected chi connectivity index (χ0v) is 17.0. The van der Waals surface area contributed by atoms with Gasteiger partial charge < -0.3 is 29.2 Å². The first kappa shape index (κ1) is 20.3. The second-order valence-electron chi connectivity index (χ2n) is 7.41. The summed E-state index contributed by atoms with van der Waals surface area (Å²) in [5.74, 6) is 2.04. The lowest BCUT2D eigenvalue weighted by atomic mass is 9.93. The predicted molar refractivity (Wildman–Crippen MR) is 108 cm³/mol. The standard InChI is InChI=1S/C22H25ClO6/c1-26-21-9-14(19-11-16(25)10-17(12-24)29-19)8-15(22(21)23)6-13-2-3-18-20(7-13)28-5-4-27-18/h2-3,7-9,16-17,19,24-25H,4-6,10-12H2,1H3. The van der Waals surface area contributed by atoms with Crippen molar-refractivity contribution >= 4 is 11.6 Å². The Morgan fingerprint density at radius 2 is 1.90 bits per heavy atom. The summed E-state index contributed by atoms with van der Waals surface area (Å²) >= 11 is 6.59. The molecule has 2 aliphatic rings. The lowest BCUT2D eigenvalue weighted by molar-refractivity contribution is -0.113. The fraction of sp³-hybridized carbons (Fsp3) is 0.455. The highest BCUT2D eigenvalue weighted by Gasteiger charge is 2.30. The highest BCUT2D eigenvalue weighted by molar-refractivity contribution is 6.32. The summed E-state index contributed by atoms with van der Waals surface area (Å²) < 4.78 is 22.7. The number of rotatable bonds is 5. The number of hydrogen-bond donors (Lipinski definition) is 2. The lowest BCUT2D eigenvalue weighted by Crippen LogP contribution is -2.33. The Balaban J connectivity index is 1.64. The van der Waals surface area contributed by atoms with Gasteiger partial charge in [-0.25, -0.2) is 0 Å². The third-order valence-corrected chi connectivity index (χ3v) is 5.74. The van der Waals surface area contributed by atoms with Crippen molar-refractivity contribution in [1.29, 1.82) is 0 Å².